The maximum absolute atomic E-state index is 6.91. The number of pyridine rings is 2. The minimum atomic E-state index is -1.57. The summed E-state index contributed by atoms with van der Waals surface area (Å²) in [7, 11) is -1.57. The lowest BCUT2D eigenvalue weighted by Gasteiger charge is -2.41. The van der Waals surface area contributed by atoms with Crippen molar-refractivity contribution in [2.24, 2.45) is 0 Å². The monoisotopic (exact) mass is 716 g/mol. The van der Waals surface area contributed by atoms with E-state index in [9.17, 15) is 0 Å². The number of aryl methyl sites for hydroxylation is 1. The lowest BCUT2D eigenvalue weighted by molar-refractivity contribution is -0.720. The molecule has 5 heterocycles. The van der Waals surface area contributed by atoms with Crippen molar-refractivity contribution in [3.05, 3.63) is 120 Å². The summed E-state index contributed by atoms with van der Waals surface area (Å²) in [5, 5.41) is 3.92. The Labute approximate surface area is 317 Å². The van der Waals surface area contributed by atoms with E-state index in [1.807, 2.05) is 0 Å². The van der Waals surface area contributed by atoms with E-state index in [4.69, 9.17) is 11.0 Å². The van der Waals surface area contributed by atoms with Gasteiger partial charge in [-0.15, -0.1) is 0 Å². The van der Waals surface area contributed by atoms with E-state index in [-0.39, 0.29) is 16.9 Å². The van der Waals surface area contributed by atoms with Crippen molar-refractivity contribution in [1.29, 1.82) is 0 Å². The molecule has 1 aliphatic carbocycles. The van der Waals surface area contributed by atoms with Crippen LogP contribution in [-0.2, 0) is 17.3 Å². The fourth-order valence-electron chi connectivity index (χ4n) is 9.92. The number of fused-ring (bicyclic) bond motifs is 14. The van der Waals surface area contributed by atoms with Crippen LogP contribution in [0.3, 0.4) is 0 Å². The second-order valence-electron chi connectivity index (χ2n) is 19.1. The largest absolute Gasteiger partial charge is 0.455 e. The number of benzene rings is 3. The van der Waals surface area contributed by atoms with Gasteiger partial charge in [-0.25, -0.2) is 0 Å². The van der Waals surface area contributed by atoms with Gasteiger partial charge >= 0.3 is 0 Å². The second kappa shape index (κ2) is 11.9. The third kappa shape index (κ3) is 5.41. The number of allylic oxidation sites excluding steroid dienone is 1. The molecule has 0 bridgehead atoms. The Morgan fingerprint density at radius 2 is 1.58 bits per heavy atom. The van der Waals surface area contributed by atoms with E-state index in [0.717, 1.165) is 30.4 Å². The molecule has 3 aromatic carbocycles. The van der Waals surface area contributed by atoms with Gasteiger partial charge in [0.05, 0.1) is 20.1 Å². The van der Waals surface area contributed by atoms with Crippen LogP contribution in [0.4, 0.5) is 0 Å². The number of hydrogen-bond donors (Lipinski definition) is 0. The van der Waals surface area contributed by atoms with Crippen LogP contribution in [0.5, 0.6) is 0 Å². The van der Waals surface area contributed by atoms with Crippen molar-refractivity contribution in [3.63, 3.8) is 0 Å². The predicted octanol–water partition coefficient (Wildman–Crippen LogP) is 11.7. The molecule has 2 aliphatic heterocycles. The van der Waals surface area contributed by atoms with Crippen LogP contribution in [-0.4, -0.2) is 8.07 Å². The summed E-state index contributed by atoms with van der Waals surface area (Å²) in [6, 6.07) is 28.6. The van der Waals surface area contributed by atoms with Gasteiger partial charge in [0.25, 0.3) is 0 Å². The zero-order valence-corrected chi connectivity index (χ0v) is 34.4. The number of rotatable bonds is 2. The molecular formula is C49H56N2OSi+2. The highest BCUT2D eigenvalue weighted by Crippen LogP contribution is 2.50. The molecule has 9 rings (SSSR count). The van der Waals surface area contributed by atoms with Crippen molar-refractivity contribution in [2.75, 3.05) is 0 Å². The first-order valence-electron chi connectivity index (χ1n) is 20.0. The first-order chi connectivity index (χ1) is 25.1. The summed E-state index contributed by atoms with van der Waals surface area (Å²) in [5.74, 6) is 0.746. The first kappa shape index (κ1) is 34.5. The molecule has 3 aliphatic rings. The molecule has 0 radical (unpaired) electrons. The average Bonchev–Trinajstić information content (AvgIpc) is 3.50. The van der Waals surface area contributed by atoms with Gasteiger partial charge in [0.15, 0.2) is 24.1 Å². The van der Waals surface area contributed by atoms with Crippen LogP contribution in [0.2, 0.25) is 19.6 Å². The van der Waals surface area contributed by atoms with Gasteiger partial charge < -0.3 is 4.42 Å². The maximum atomic E-state index is 6.91. The van der Waals surface area contributed by atoms with Crippen molar-refractivity contribution in [2.45, 2.75) is 122 Å². The Morgan fingerprint density at radius 3 is 2.34 bits per heavy atom. The summed E-state index contributed by atoms with van der Waals surface area (Å²) < 4.78 is 12.0. The Bertz CT molecular complexity index is 2490. The highest BCUT2D eigenvalue weighted by Gasteiger charge is 2.46. The van der Waals surface area contributed by atoms with Gasteiger partial charge in [0, 0.05) is 46.0 Å². The molecule has 53 heavy (non-hydrogen) atoms. The summed E-state index contributed by atoms with van der Waals surface area (Å²) in [6.45, 7) is 26.7. The van der Waals surface area contributed by atoms with Gasteiger partial charge in [-0.2, -0.15) is 9.13 Å². The average molecular weight is 717 g/mol. The fraction of sp³-hybridized carbons (Fsp3) is 0.388. The molecule has 0 amide bonds. The summed E-state index contributed by atoms with van der Waals surface area (Å²) >= 11 is 0. The van der Waals surface area contributed by atoms with Crippen LogP contribution < -0.4 is 14.3 Å². The Hall–Kier alpha value is -4.28. The van der Waals surface area contributed by atoms with Crippen LogP contribution in [0.1, 0.15) is 113 Å². The molecule has 0 saturated carbocycles. The quantitative estimate of drug-likeness (QED) is 0.129. The molecule has 270 valence electrons. The molecule has 0 saturated heterocycles. The zero-order chi connectivity index (χ0) is 37.2. The fourth-order valence-corrected chi connectivity index (χ4v) is 11.1. The SMILES string of the molecule is C=C1CC2C(CCc3ccc([Si](C)(C)C)cc3-c3cc4c(c[n+]31)C(C)(C)CCC4(C)C)c1ccc3c(oc4cc(C(C)C)ccc43)c1-c1cccc[n+]12. The number of aromatic nitrogens is 2. The second-order valence-corrected chi connectivity index (χ2v) is 24.2. The Morgan fingerprint density at radius 1 is 0.830 bits per heavy atom. The molecule has 0 N–H and O–H groups in total. The normalized spacial score (nSPS) is 20.3. The smallest absolute Gasteiger partial charge is 0.218 e. The van der Waals surface area contributed by atoms with E-state index in [1.165, 1.54) is 84.8 Å². The third-order valence-corrected chi connectivity index (χ3v) is 15.5. The highest BCUT2D eigenvalue weighted by molar-refractivity contribution is 6.88. The zero-order valence-electron chi connectivity index (χ0n) is 33.4. The van der Waals surface area contributed by atoms with E-state index in [2.05, 4.69) is 156 Å². The maximum Gasteiger partial charge on any atom is 0.218 e. The van der Waals surface area contributed by atoms with Crippen molar-refractivity contribution in [1.82, 2.24) is 0 Å². The minimum Gasteiger partial charge on any atom is -0.455 e. The molecule has 3 nitrogen and oxygen atoms in total. The van der Waals surface area contributed by atoms with E-state index in [1.54, 1.807) is 0 Å². The predicted molar refractivity (Wildman–Crippen MR) is 224 cm³/mol. The van der Waals surface area contributed by atoms with Gasteiger partial charge in [-0.1, -0.05) is 103 Å². The molecule has 0 spiro atoms. The van der Waals surface area contributed by atoms with Crippen LogP contribution >= 0.6 is 0 Å². The molecule has 3 aromatic heterocycles. The number of hydrogen-bond acceptors (Lipinski definition) is 1. The third-order valence-electron chi connectivity index (χ3n) is 13.4. The number of nitrogens with zero attached hydrogens (tertiary/aromatic N) is 2. The van der Waals surface area contributed by atoms with Gasteiger partial charge in [0.2, 0.25) is 11.4 Å². The molecule has 6 aromatic rings. The lowest BCUT2D eigenvalue weighted by Crippen LogP contribution is -2.50. The molecule has 0 fully saturated rings. The van der Waals surface area contributed by atoms with E-state index < -0.39 is 8.07 Å². The molecular weight excluding hydrogens is 661 g/mol. The summed E-state index contributed by atoms with van der Waals surface area (Å²) in [4.78, 5) is 0. The Kier molecular flexibility index (Phi) is 7.71. The molecule has 2 unspecified atom stereocenters. The number of furan rings is 1. The van der Waals surface area contributed by atoms with Crippen LogP contribution in [0.25, 0.3) is 50.2 Å². The standard InChI is InChI=1S/C49H56N2OSi/c1-30(2)33-16-19-36-38-21-20-37-35-18-15-32-14-17-34(53(8,9)10)27-39(32)44-28-40-41(49(6,7)23-22-48(40,4)5)29-51(44)31(3)25-43(35)50-24-12-11-13-42(50)46(37)47(38)52-45(36)26-33/h11-14,16-17,19-21,24,26-30,35,43H,3,15,18,22-23,25H2,1-2,4-10H3/q+2. The van der Waals surface area contributed by atoms with Crippen molar-refractivity contribution < 1.29 is 13.6 Å². The van der Waals surface area contributed by atoms with Gasteiger partial charge in [-0.3, -0.25) is 0 Å². The van der Waals surface area contributed by atoms with Crippen LogP contribution in [0, 0.1) is 0 Å². The minimum absolute atomic E-state index is 0.104. The summed E-state index contributed by atoms with van der Waals surface area (Å²) in [6.07, 6.45) is 10.1. The first-order valence-corrected chi connectivity index (χ1v) is 23.5. The van der Waals surface area contributed by atoms with Gasteiger partial charge in [-0.05, 0) is 89.5 Å². The highest BCUT2D eigenvalue weighted by atomic mass is 28.3. The summed E-state index contributed by atoms with van der Waals surface area (Å²) in [5.41, 5.74) is 15.7. The Balaban J connectivity index is 1.28. The topological polar surface area (TPSA) is 20.9 Å². The van der Waals surface area contributed by atoms with E-state index >= 15 is 0 Å². The van der Waals surface area contributed by atoms with Gasteiger partial charge in [0.1, 0.15) is 11.2 Å². The van der Waals surface area contributed by atoms with Crippen molar-refractivity contribution in [3.8, 4) is 22.5 Å². The molecule has 4 heteroatoms. The van der Waals surface area contributed by atoms with Crippen LogP contribution in [0.15, 0.2) is 96.2 Å². The van der Waals surface area contributed by atoms with E-state index in [0.29, 0.717) is 11.8 Å². The lowest BCUT2D eigenvalue weighted by atomic mass is 9.63. The molecule has 2 atom stereocenters. The van der Waals surface area contributed by atoms with Crippen molar-refractivity contribution >= 4 is 40.9 Å².